The van der Waals surface area contributed by atoms with Crippen LogP contribution in [0, 0.1) is 0 Å². The first-order valence-corrected chi connectivity index (χ1v) is 14.6. The van der Waals surface area contributed by atoms with E-state index in [4.69, 9.17) is 14.5 Å². The van der Waals surface area contributed by atoms with Gasteiger partial charge in [-0.2, -0.15) is 0 Å². The van der Waals surface area contributed by atoms with Gasteiger partial charge in [0.25, 0.3) is 0 Å². The SMILES string of the molecule is CCCc1ccc(COc2ccc3c(c2)CCC(Cc2cc(C(=O)O)cc4nc5ccccc5cc24)=C3C)c(OC)c1. The van der Waals surface area contributed by atoms with Crippen molar-refractivity contribution in [3.63, 3.8) is 0 Å². The van der Waals surface area contributed by atoms with Crippen molar-refractivity contribution in [2.24, 2.45) is 0 Å². The van der Waals surface area contributed by atoms with Crippen LogP contribution in [0.3, 0.4) is 0 Å². The van der Waals surface area contributed by atoms with Crippen LogP contribution in [-0.4, -0.2) is 23.2 Å². The number of methoxy groups -OCH3 is 1. The summed E-state index contributed by atoms with van der Waals surface area (Å²) in [5.41, 5.74) is 10.2. The first kappa shape index (κ1) is 27.5. The number of ether oxygens (including phenoxy) is 2. The normalized spacial score (nSPS) is 12.9. The average molecular weight is 558 g/mol. The van der Waals surface area contributed by atoms with Gasteiger partial charge in [-0.15, -0.1) is 0 Å². The number of carboxylic acid groups (broad SMARTS) is 1. The molecule has 0 bridgehead atoms. The topological polar surface area (TPSA) is 68.7 Å². The fourth-order valence-electron chi connectivity index (χ4n) is 6.08. The molecule has 0 fully saturated rings. The lowest BCUT2D eigenvalue weighted by molar-refractivity contribution is 0.0697. The molecule has 0 saturated heterocycles. The van der Waals surface area contributed by atoms with Crippen LogP contribution < -0.4 is 9.47 Å². The smallest absolute Gasteiger partial charge is 0.335 e. The van der Waals surface area contributed by atoms with Gasteiger partial charge in [0.1, 0.15) is 18.1 Å². The van der Waals surface area contributed by atoms with E-state index in [1.807, 2.05) is 30.3 Å². The van der Waals surface area contributed by atoms with E-state index in [0.29, 0.717) is 13.0 Å². The maximum absolute atomic E-state index is 12.0. The summed E-state index contributed by atoms with van der Waals surface area (Å²) in [5.74, 6) is 0.780. The number of hydrogen-bond acceptors (Lipinski definition) is 4. The molecule has 5 nitrogen and oxygen atoms in total. The number of pyridine rings is 1. The number of carbonyl (C=O) groups is 1. The summed E-state index contributed by atoms with van der Waals surface area (Å²) in [5, 5.41) is 11.9. The molecule has 1 heterocycles. The van der Waals surface area contributed by atoms with Crippen LogP contribution in [0.2, 0.25) is 0 Å². The number of aromatic carboxylic acids is 1. The van der Waals surface area contributed by atoms with Crippen LogP contribution in [0.15, 0.2) is 84.4 Å². The maximum atomic E-state index is 12.0. The van der Waals surface area contributed by atoms with Gasteiger partial charge in [0, 0.05) is 16.3 Å². The zero-order chi connectivity index (χ0) is 29.2. The molecule has 0 aliphatic heterocycles. The monoisotopic (exact) mass is 557 g/mol. The van der Waals surface area contributed by atoms with Gasteiger partial charge in [0.2, 0.25) is 0 Å². The third-order valence-electron chi connectivity index (χ3n) is 8.36. The lowest BCUT2D eigenvalue weighted by Gasteiger charge is -2.23. The van der Waals surface area contributed by atoms with Gasteiger partial charge < -0.3 is 14.6 Å². The van der Waals surface area contributed by atoms with Gasteiger partial charge in [0.15, 0.2) is 0 Å². The van der Waals surface area contributed by atoms with Crippen molar-refractivity contribution in [3.8, 4) is 11.5 Å². The summed E-state index contributed by atoms with van der Waals surface area (Å²) in [6, 6.07) is 26.3. The van der Waals surface area contributed by atoms with Gasteiger partial charge >= 0.3 is 5.97 Å². The summed E-state index contributed by atoms with van der Waals surface area (Å²) in [7, 11) is 1.71. The molecule has 42 heavy (non-hydrogen) atoms. The highest BCUT2D eigenvalue weighted by Gasteiger charge is 2.19. The Morgan fingerprint density at radius 3 is 2.60 bits per heavy atom. The minimum Gasteiger partial charge on any atom is -0.496 e. The standard InChI is InChI=1S/C37H35NO4/c1-4-7-24-10-11-28(36(16-24)41-3)22-42-31-14-15-32-23(2)25(12-13-26(32)19-31)17-29-18-30(37(39)40)21-35-33(29)20-27-8-5-6-9-34(27)38-35/h5-6,8-11,14-16,18-21H,4,7,12-13,17,22H2,1-3H3,(H,39,40). The summed E-state index contributed by atoms with van der Waals surface area (Å²) < 4.78 is 11.9. The summed E-state index contributed by atoms with van der Waals surface area (Å²) in [6.45, 7) is 4.80. The van der Waals surface area contributed by atoms with Crippen molar-refractivity contribution < 1.29 is 19.4 Å². The molecule has 0 unspecified atom stereocenters. The van der Waals surface area contributed by atoms with E-state index >= 15 is 0 Å². The van der Waals surface area contributed by atoms with Crippen molar-refractivity contribution in [2.75, 3.05) is 7.11 Å². The Hall–Kier alpha value is -4.64. The van der Waals surface area contributed by atoms with Crippen LogP contribution in [0.5, 0.6) is 11.5 Å². The molecule has 6 rings (SSSR count). The molecule has 0 amide bonds. The quantitative estimate of drug-likeness (QED) is 0.184. The van der Waals surface area contributed by atoms with E-state index in [-0.39, 0.29) is 5.56 Å². The molecular formula is C37H35NO4. The number of aryl methyl sites for hydroxylation is 2. The number of fused-ring (bicyclic) bond motifs is 3. The van der Waals surface area contributed by atoms with E-state index in [2.05, 4.69) is 56.3 Å². The van der Waals surface area contributed by atoms with Crippen molar-refractivity contribution >= 4 is 33.3 Å². The minimum atomic E-state index is -0.935. The van der Waals surface area contributed by atoms with Gasteiger partial charge in [-0.05, 0) is 103 Å². The Kier molecular flexibility index (Phi) is 7.66. The first-order valence-electron chi connectivity index (χ1n) is 14.6. The summed E-state index contributed by atoms with van der Waals surface area (Å²) >= 11 is 0. The van der Waals surface area contributed by atoms with E-state index in [1.54, 1.807) is 13.2 Å². The van der Waals surface area contributed by atoms with Gasteiger partial charge in [-0.25, -0.2) is 9.78 Å². The van der Waals surface area contributed by atoms with Crippen LogP contribution in [0.1, 0.15) is 64.9 Å². The van der Waals surface area contributed by atoms with Crippen LogP contribution >= 0.6 is 0 Å². The fraction of sp³-hybridized carbons (Fsp3) is 0.243. The molecule has 1 aromatic heterocycles. The molecule has 4 aromatic carbocycles. The highest BCUT2D eigenvalue weighted by atomic mass is 16.5. The second-order valence-electron chi connectivity index (χ2n) is 11.1. The lowest BCUT2D eigenvalue weighted by Crippen LogP contribution is -2.08. The van der Waals surface area contributed by atoms with Gasteiger partial charge in [0.05, 0.1) is 23.7 Å². The zero-order valence-electron chi connectivity index (χ0n) is 24.4. The second kappa shape index (κ2) is 11.7. The molecule has 1 N–H and O–H groups in total. The summed E-state index contributed by atoms with van der Waals surface area (Å²) in [6.07, 6.45) is 4.64. The Bertz CT molecular complexity index is 1850. The second-order valence-corrected chi connectivity index (χ2v) is 11.1. The zero-order valence-corrected chi connectivity index (χ0v) is 24.4. The molecule has 5 heteroatoms. The highest BCUT2D eigenvalue weighted by Crippen LogP contribution is 2.37. The number of aromatic nitrogens is 1. The Labute approximate surface area is 246 Å². The van der Waals surface area contributed by atoms with Crippen molar-refractivity contribution in [1.82, 2.24) is 4.98 Å². The van der Waals surface area contributed by atoms with E-state index < -0.39 is 5.97 Å². The number of nitrogens with zero attached hydrogens (tertiary/aromatic N) is 1. The van der Waals surface area contributed by atoms with Crippen molar-refractivity contribution in [2.45, 2.75) is 52.6 Å². The number of benzene rings is 4. The Morgan fingerprint density at radius 1 is 0.929 bits per heavy atom. The van der Waals surface area contributed by atoms with E-state index in [0.717, 1.165) is 70.1 Å². The fourth-order valence-corrected chi connectivity index (χ4v) is 6.08. The third-order valence-corrected chi connectivity index (χ3v) is 8.36. The van der Waals surface area contributed by atoms with Crippen LogP contribution in [0.4, 0.5) is 0 Å². The van der Waals surface area contributed by atoms with Crippen LogP contribution in [-0.2, 0) is 25.9 Å². The van der Waals surface area contributed by atoms with E-state index in [9.17, 15) is 9.90 Å². The largest absolute Gasteiger partial charge is 0.496 e. The number of rotatable bonds is 9. The molecule has 0 radical (unpaired) electrons. The third kappa shape index (κ3) is 5.47. The average Bonchev–Trinajstić information content (AvgIpc) is 3.00. The van der Waals surface area contributed by atoms with Crippen molar-refractivity contribution in [1.29, 1.82) is 0 Å². The molecular weight excluding hydrogens is 522 g/mol. The predicted molar refractivity (Wildman–Crippen MR) is 169 cm³/mol. The number of hydrogen-bond donors (Lipinski definition) is 1. The lowest BCUT2D eigenvalue weighted by atomic mass is 9.83. The Morgan fingerprint density at radius 2 is 1.79 bits per heavy atom. The van der Waals surface area contributed by atoms with E-state index in [1.165, 1.54) is 27.8 Å². The molecule has 212 valence electrons. The number of para-hydroxylation sites is 1. The Balaban J connectivity index is 1.27. The highest BCUT2D eigenvalue weighted by molar-refractivity contribution is 5.99. The number of carboxylic acids is 1. The molecule has 1 aliphatic rings. The van der Waals surface area contributed by atoms with Crippen molar-refractivity contribution in [3.05, 3.63) is 118 Å². The van der Waals surface area contributed by atoms with Gasteiger partial charge in [-0.1, -0.05) is 55.3 Å². The minimum absolute atomic E-state index is 0.271. The maximum Gasteiger partial charge on any atom is 0.335 e. The number of allylic oxidation sites excluding steroid dienone is 2. The van der Waals surface area contributed by atoms with Gasteiger partial charge in [-0.3, -0.25) is 0 Å². The van der Waals surface area contributed by atoms with Crippen LogP contribution in [0.25, 0.3) is 27.4 Å². The molecule has 5 aromatic rings. The summed E-state index contributed by atoms with van der Waals surface area (Å²) in [4.78, 5) is 16.8. The predicted octanol–water partition coefficient (Wildman–Crippen LogP) is 8.59. The first-order chi connectivity index (χ1) is 20.4. The molecule has 0 saturated carbocycles. The molecule has 0 spiro atoms. The molecule has 0 atom stereocenters. The molecule has 1 aliphatic carbocycles.